The number of methoxy groups -OCH3 is 1. The zero-order valence-electron chi connectivity index (χ0n) is 13.4. The topological polar surface area (TPSA) is 47.6 Å². The van der Waals surface area contributed by atoms with Crippen molar-refractivity contribution in [1.82, 2.24) is 9.47 Å². The van der Waals surface area contributed by atoms with Crippen molar-refractivity contribution in [2.24, 2.45) is 0 Å². The Morgan fingerprint density at radius 3 is 2.83 bits per heavy atom. The van der Waals surface area contributed by atoms with Crippen molar-refractivity contribution in [2.75, 3.05) is 13.7 Å². The highest BCUT2D eigenvalue weighted by Gasteiger charge is 2.34. The van der Waals surface area contributed by atoms with Gasteiger partial charge in [0.05, 0.1) is 25.2 Å². The summed E-state index contributed by atoms with van der Waals surface area (Å²) in [5.41, 5.74) is 2.64. The third kappa shape index (κ3) is 2.29. The Hall–Kier alpha value is -2.95. The maximum atomic E-state index is 13.2. The molecule has 1 aliphatic heterocycles. The fourth-order valence-corrected chi connectivity index (χ4v) is 3.36. The van der Waals surface area contributed by atoms with E-state index in [1.54, 1.807) is 25.7 Å². The van der Waals surface area contributed by atoms with E-state index in [9.17, 15) is 4.79 Å². The number of amides is 1. The summed E-state index contributed by atoms with van der Waals surface area (Å²) in [6, 6.07) is 13.2. The summed E-state index contributed by atoms with van der Waals surface area (Å²) in [6.07, 6.45) is 5.39. The van der Waals surface area contributed by atoms with Gasteiger partial charge in [-0.1, -0.05) is 12.1 Å². The van der Waals surface area contributed by atoms with Gasteiger partial charge in [-0.25, -0.2) is 0 Å². The van der Waals surface area contributed by atoms with Crippen LogP contribution in [0, 0.1) is 0 Å². The van der Waals surface area contributed by atoms with Crippen LogP contribution in [-0.2, 0) is 6.54 Å². The van der Waals surface area contributed by atoms with E-state index in [1.807, 2.05) is 41.4 Å². The molecule has 4 rings (SSSR count). The van der Waals surface area contributed by atoms with E-state index in [4.69, 9.17) is 9.15 Å². The number of ether oxygens (including phenoxy) is 1. The van der Waals surface area contributed by atoms with Gasteiger partial charge in [0.2, 0.25) is 0 Å². The SMILES string of the molecule is COc1ccccc1C(=O)N1CCn2cccc2C1c1ccoc1. The van der Waals surface area contributed by atoms with E-state index in [-0.39, 0.29) is 11.9 Å². The van der Waals surface area contributed by atoms with Gasteiger partial charge in [0.1, 0.15) is 11.8 Å². The van der Waals surface area contributed by atoms with Gasteiger partial charge >= 0.3 is 0 Å². The normalized spacial score (nSPS) is 16.7. The molecular formula is C19H18N2O3. The van der Waals surface area contributed by atoms with Gasteiger partial charge in [0, 0.05) is 30.5 Å². The lowest BCUT2D eigenvalue weighted by atomic mass is 10.0. The van der Waals surface area contributed by atoms with E-state index in [0.29, 0.717) is 17.9 Å². The molecule has 0 N–H and O–H groups in total. The van der Waals surface area contributed by atoms with E-state index in [1.165, 1.54) is 0 Å². The number of hydrogen-bond acceptors (Lipinski definition) is 3. The van der Waals surface area contributed by atoms with Crippen LogP contribution in [0.5, 0.6) is 5.75 Å². The van der Waals surface area contributed by atoms with Crippen LogP contribution in [0.3, 0.4) is 0 Å². The number of fused-ring (bicyclic) bond motifs is 1. The fraction of sp³-hybridized carbons (Fsp3) is 0.211. The van der Waals surface area contributed by atoms with Crippen LogP contribution < -0.4 is 4.74 Å². The van der Waals surface area contributed by atoms with Crippen LogP contribution in [0.4, 0.5) is 0 Å². The molecule has 24 heavy (non-hydrogen) atoms. The fourth-order valence-electron chi connectivity index (χ4n) is 3.36. The third-order valence-electron chi connectivity index (χ3n) is 4.50. The number of para-hydroxylation sites is 1. The van der Waals surface area contributed by atoms with Crippen LogP contribution in [0.1, 0.15) is 27.7 Å². The minimum Gasteiger partial charge on any atom is -0.496 e. The van der Waals surface area contributed by atoms with Crippen molar-refractivity contribution in [2.45, 2.75) is 12.6 Å². The van der Waals surface area contributed by atoms with Crippen LogP contribution in [0.15, 0.2) is 65.6 Å². The monoisotopic (exact) mass is 322 g/mol. The molecule has 0 fully saturated rings. The predicted octanol–water partition coefficient (Wildman–Crippen LogP) is 3.34. The summed E-state index contributed by atoms with van der Waals surface area (Å²) in [6.45, 7) is 1.41. The first kappa shape index (κ1) is 14.6. The van der Waals surface area contributed by atoms with E-state index >= 15 is 0 Å². The highest BCUT2D eigenvalue weighted by atomic mass is 16.5. The first-order valence-electron chi connectivity index (χ1n) is 7.90. The number of hydrogen-bond donors (Lipinski definition) is 0. The predicted molar refractivity (Wildman–Crippen MR) is 89.0 cm³/mol. The molecule has 1 aromatic carbocycles. The molecule has 0 spiro atoms. The number of benzene rings is 1. The second-order valence-electron chi connectivity index (χ2n) is 5.78. The molecule has 5 heteroatoms. The lowest BCUT2D eigenvalue weighted by molar-refractivity contribution is 0.0660. The Morgan fingerprint density at radius 1 is 1.17 bits per heavy atom. The standard InChI is InChI=1S/C19H18N2O3/c1-23-17-7-3-2-5-15(17)19(22)21-11-10-20-9-4-6-16(20)18(21)14-8-12-24-13-14/h2-9,12-13,18H,10-11H2,1H3. The highest BCUT2D eigenvalue weighted by Crippen LogP contribution is 2.34. The average Bonchev–Trinajstić information content (AvgIpc) is 3.31. The molecule has 1 unspecified atom stereocenters. The quantitative estimate of drug-likeness (QED) is 0.743. The summed E-state index contributed by atoms with van der Waals surface area (Å²) in [4.78, 5) is 15.1. The Bertz CT molecular complexity index is 851. The number of carbonyl (C=O) groups is 1. The van der Waals surface area contributed by atoms with Crippen LogP contribution >= 0.6 is 0 Å². The summed E-state index contributed by atoms with van der Waals surface area (Å²) < 4.78 is 12.8. The van der Waals surface area contributed by atoms with Crippen LogP contribution in [-0.4, -0.2) is 29.0 Å². The molecule has 5 nitrogen and oxygen atoms in total. The number of furan rings is 1. The lowest BCUT2D eigenvalue weighted by Gasteiger charge is -2.36. The largest absolute Gasteiger partial charge is 0.496 e. The van der Waals surface area contributed by atoms with Gasteiger partial charge in [0.25, 0.3) is 5.91 Å². The maximum Gasteiger partial charge on any atom is 0.258 e. The second kappa shape index (κ2) is 5.92. The van der Waals surface area contributed by atoms with Crippen molar-refractivity contribution in [3.63, 3.8) is 0 Å². The van der Waals surface area contributed by atoms with Gasteiger partial charge in [-0.2, -0.15) is 0 Å². The van der Waals surface area contributed by atoms with Crippen molar-refractivity contribution < 1.29 is 13.9 Å². The molecule has 1 atom stereocenters. The van der Waals surface area contributed by atoms with E-state index in [0.717, 1.165) is 17.8 Å². The highest BCUT2D eigenvalue weighted by molar-refractivity contribution is 5.97. The Morgan fingerprint density at radius 2 is 2.04 bits per heavy atom. The zero-order chi connectivity index (χ0) is 16.5. The van der Waals surface area contributed by atoms with Crippen molar-refractivity contribution in [3.05, 3.63) is 78.0 Å². The zero-order valence-corrected chi connectivity index (χ0v) is 13.4. The molecular weight excluding hydrogens is 304 g/mol. The molecule has 1 amide bonds. The van der Waals surface area contributed by atoms with E-state index < -0.39 is 0 Å². The summed E-state index contributed by atoms with van der Waals surface area (Å²) in [5.74, 6) is 0.556. The molecule has 3 aromatic rings. The third-order valence-corrected chi connectivity index (χ3v) is 4.50. The number of carbonyl (C=O) groups excluding carboxylic acids is 1. The Balaban J connectivity index is 1.78. The van der Waals surface area contributed by atoms with Gasteiger partial charge in [-0.15, -0.1) is 0 Å². The summed E-state index contributed by atoms with van der Waals surface area (Å²) >= 11 is 0. The van der Waals surface area contributed by atoms with Gasteiger partial charge in [0.15, 0.2) is 0 Å². The molecule has 1 aliphatic rings. The van der Waals surface area contributed by atoms with Crippen molar-refractivity contribution >= 4 is 5.91 Å². The lowest BCUT2D eigenvalue weighted by Crippen LogP contribution is -2.42. The summed E-state index contributed by atoms with van der Waals surface area (Å²) in [5, 5.41) is 0. The van der Waals surface area contributed by atoms with Crippen LogP contribution in [0.2, 0.25) is 0 Å². The number of nitrogens with zero attached hydrogens (tertiary/aromatic N) is 2. The molecule has 2 aromatic heterocycles. The van der Waals surface area contributed by atoms with Gasteiger partial charge in [-0.3, -0.25) is 4.79 Å². The van der Waals surface area contributed by atoms with Gasteiger partial charge < -0.3 is 18.6 Å². The maximum absolute atomic E-state index is 13.2. The summed E-state index contributed by atoms with van der Waals surface area (Å²) in [7, 11) is 1.58. The molecule has 0 radical (unpaired) electrons. The molecule has 0 saturated carbocycles. The smallest absolute Gasteiger partial charge is 0.258 e. The average molecular weight is 322 g/mol. The molecule has 0 bridgehead atoms. The molecule has 0 saturated heterocycles. The van der Waals surface area contributed by atoms with Crippen LogP contribution in [0.25, 0.3) is 0 Å². The molecule has 3 heterocycles. The first-order chi connectivity index (χ1) is 11.8. The van der Waals surface area contributed by atoms with Crippen molar-refractivity contribution in [3.8, 4) is 5.75 Å². The Kier molecular flexibility index (Phi) is 3.61. The number of rotatable bonds is 3. The van der Waals surface area contributed by atoms with Crippen molar-refractivity contribution in [1.29, 1.82) is 0 Å². The van der Waals surface area contributed by atoms with Gasteiger partial charge in [-0.05, 0) is 30.3 Å². The minimum atomic E-state index is -0.162. The second-order valence-corrected chi connectivity index (χ2v) is 5.78. The minimum absolute atomic E-state index is 0.0360. The molecule has 122 valence electrons. The molecule has 0 aliphatic carbocycles. The first-order valence-corrected chi connectivity index (χ1v) is 7.90. The Labute approximate surface area is 140 Å². The van der Waals surface area contributed by atoms with E-state index in [2.05, 4.69) is 10.6 Å². The number of aromatic nitrogens is 1.